The molecule has 2 rings (SSSR count). The first-order valence-corrected chi connectivity index (χ1v) is 6.06. The summed E-state index contributed by atoms with van der Waals surface area (Å²) < 4.78 is 5.89. The minimum atomic E-state index is 0.387. The lowest BCUT2D eigenvalue weighted by Gasteiger charge is -2.09. The van der Waals surface area contributed by atoms with Crippen LogP contribution in [0.2, 0.25) is 0 Å². The molecule has 94 valence electrons. The SMILES string of the molecule is CNc1nc(-c2ncccn2)nc(COC)c1Br. The van der Waals surface area contributed by atoms with Gasteiger partial charge in [-0.3, -0.25) is 0 Å². The third kappa shape index (κ3) is 2.62. The van der Waals surface area contributed by atoms with E-state index in [9.17, 15) is 0 Å². The summed E-state index contributed by atoms with van der Waals surface area (Å²) in [4.78, 5) is 17.0. The highest BCUT2D eigenvalue weighted by molar-refractivity contribution is 9.10. The second kappa shape index (κ2) is 5.83. The maximum Gasteiger partial charge on any atom is 0.200 e. The summed E-state index contributed by atoms with van der Waals surface area (Å²) in [5.41, 5.74) is 0.749. The predicted molar refractivity (Wildman–Crippen MR) is 71.0 cm³/mol. The Labute approximate surface area is 113 Å². The standard InChI is InChI=1S/C11H12BrN5O/c1-13-9-8(12)7(6-18-2)16-11(17-9)10-14-4-3-5-15-10/h3-5H,6H2,1-2H3,(H,13,16,17). The molecule has 0 fully saturated rings. The molecule has 0 aromatic carbocycles. The van der Waals surface area contributed by atoms with Crippen LogP contribution >= 0.6 is 15.9 Å². The molecular formula is C11H12BrN5O. The Morgan fingerprint density at radius 3 is 2.56 bits per heavy atom. The predicted octanol–water partition coefficient (Wildman–Crippen LogP) is 1.88. The van der Waals surface area contributed by atoms with Crippen LogP contribution in [-0.4, -0.2) is 34.1 Å². The molecule has 18 heavy (non-hydrogen) atoms. The topological polar surface area (TPSA) is 72.8 Å². The molecule has 2 heterocycles. The largest absolute Gasteiger partial charge is 0.378 e. The van der Waals surface area contributed by atoms with Crippen LogP contribution in [-0.2, 0) is 11.3 Å². The molecule has 0 aliphatic heterocycles. The number of halogens is 1. The van der Waals surface area contributed by atoms with Crippen molar-refractivity contribution in [1.82, 2.24) is 19.9 Å². The molecule has 0 saturated carbocycles. The Hall–Kier alpha value is -1.60. The first-order chi connectivity index (χ1) is 8.76. The van der Waals surface area contributed by atoms with Crippen molar-refractivity contribution in [2.45, 2.75) is 6.61 Å². The highest BCUT2D eigenvalue weighted by Crippen LogP contribution is 2.26. The van der Waals surface area contributed by atoms with Gasteiger partial charge in [0.1, 0.15) is 5.82 Å². The van der Waals surface area contributed by atoms with Crippen molar-refractivity contribution in [3.05, 3.63) is 28.6 Å². The molecule has 0 saturated heterocycles. The molecule has 0 amide bonds. The molecule has 2 aromatic heterocycles. The average molecular weight is 310 g/mol. The monoisotopic (exact) mass is 309 g/mol. The van der Waals surface area contributed by atoms with Crippen molar-refractivity contribution in [2.75, 3.05) is 19.5 Å². The second-order valence-electron chi connectivity index (χ2n) is 3.41. The van der Waals surface area contributed by atoms with Crippen molar-refractivity contribution >= 4 is 21.7 Å². The minimum absolute atomic E-state index is 0.387. The molecule has 7 heteroatoms. The molecule has 0 bridgehead atoms. The Kier molecular flexibility index (Phi) is 4.16. The molecule has 0 radical (unpaired) electrons. The van der Waals surface area contributed by atoms with Crippen LogP contribution in [0.15, 0.2) is 22.9 Å². The van der Waals surface area contributed by atoms with E-state index in [1.807, 2.05) is 0 Å². The highest BCUT2D eigenvalue weighted by atomic mass is 79.9. The fraction of sp³-hybridized carbons (Fsp3) is 0.273. The van der Waals surface area contributed by atoms with Gasteiger partial charge in [-0.15, -0.1) is 0 Å². The van der Waals surface area contributed by atoms with E-state index in [1.54, 1.807) is 32.6 Å². The van der Waals surface area contributed by atoms with Crippen LogP contribution in [0.25, 0.3) is 11.6 Å². The molecule has 0 unspecified atom stereocenters. The number of methoxy groups -OCH3 is 1. The lowest BCUT2D eigenvalue weighted by Crippen LogP contribution is -2.05. The number of ether oxygens (including phenoxy) is 1. The molecule has 0 aliphatic rings. The third-order valence-corrected chi connectivity index (χ3v) is 3.04. The van der Waals surface area contributed by atoms with E-state index in [-0.39, 0.29) is 0 Å². The van der Waals surface area contributed by atoms with Gasteiger partial charge >= 0.3 is 0 Å². The van der Waals surface area contributed by atoms with E-state index >= 15 is 0 Å². The number of nitrogens with one attached hydrogen (secondary N) is 1. The number of nitrogens with zero attached hydrogens (tertiary/aromatic N) is 4. The summed E-state index contributed by atoms with van der Waals surface area (Å²) in [7, 11) is 3.41. The lowest BCUT2D eigenvalue weighted by molar-refractivity contribution is 0.181. The number of hydrogen-bond donors (Lipinski definition) is 1. The van der Waals surface area contributed by atoms with Crippen molar-refractivity contribution in [3.63, 3.8) is 0 Å². The van der Waals surface area contributed by atoms with Gasteiger partial charge in [0.2, 0.25) is 0 Å². The zero-order chi connectivity index (χ0) is 13.0. The van der Waals surface area contributed by atoms with Gasteiger partial charge in [0.25, 0.3) is 0 Å². The Morgan fingerprint density at radius 2 is 1.94 bits per heavy atom. The van der Waals surface area contributed by atoms with Gasteiger partial charge < -0.3 is 10.1 Å². The number of aromatic nitrogens is 4. The van der Waals surface area contributed by atoms with Crippen LogP contribution in [0, 0.1) is 0 Å². The summed E-state index contributed by atoms with van der Waals surface area (Å²) in [5.74, 6) is 1.63. The first-order valence-electron chi connectivity index (χ1n) is 5.26. The van der Waals surface area contributed by atoms with Crippen LogP contribution in [0.4, 0.5) is 5.82 Å². The normalized spacial score (nSPS) is 10.4. The molecule has 0 aliphatic carbocycles. The van der Waals surface area contributed by atoms with Gasteiger partial charge in [-0.05, 0) is 22.0 Å². The van der Waals surface area contributed by atoms with Crippen molar-refractivity contribution in [2.24, 2.45) is 0 Å². The summed E-state index contributed by atoms with van der Waals surface area (Å²) in [6, 6.07) is 1.75. The first kappa shape index (κ1) is 12.8. The van der Waals surface area contributed by atoms with Gasteiger partial charge in [-0.2, -0.15) is 0 Å². The Balaban J connectivity index is 2.52. The second-order valence-corrected chi connectivity index (χ2v) is 4.20. The van der Waals surface area contributed by atoms with Gasteiger partial charge in [0.05, 0.1) is 16.8 Å². The van der Waals surface area contributed by atoms with Crippen LogP contribution in [0.1, 0.15) is 5.69 Å². The van der Waals surface area contributed by atoms with E-state index in [0.29, 0.717) is 24.1 Å². The minimum Gasteiger partial charge on any atom is -0.378 e. The molecule has 2 aromatic rings. The van der Waals surface area contributed by atoms with E-state index in [1.165, 1.54) is 0 Å². The van der Waals surface area contributed by atoms with Crippen LogP contribution < -0.4 is 5.32 Å². The zero-order valence-electron chi connectivity index (χ0n) is 10.0. The summed E-state index contributed by atoms with van der Waals surface area (Å²) in [6.45, 7) is 0.387. The zero-order valence-corrected chi connectivity index (χ0v) is 11.6. The van der Waals surface area contributed by atoms with E-state index < -0.39 is 0 Å². The smallest absolute Gasteiger partial charge is 0.200 e. The molecule has 1 N–H and O–H groups in total. The molecular weight excluding hydrogens is 298 g/mol. The maximum absolute atomic E-state index is 5.11. The van der Waals surface area contributed by atoms with E-state index in [2.05, 4.69) is 41.2 Å². The number of hydrogen-bond acceptors (Lipinski definition) is 6. The number of rotatable bonds is 4. The maximum atomic E-state index is 5.11. The van der Waals surface area contributed by atoms with Crippen molar-refractivity contribution < 1.29 is 4.74 Å². The summed E-state index contributed by atoms with van der Waals surface area (Å²) in [6.07, 6.45) is 3.31. The fourth-order valence-corrected chi connectivity index (χ4v) is 1.90. The average Bonchev–Trinajstić information content (AvgIpc) is 2.42. The van der Waals surface area contributed by atoms with Crippen molar-refractivity contribution in [3.8, 4) is 11.6 Å². The van der Waals surface area contributed by atoms with Crippen LogP contribution in [0.3, 0.4) is 0 Å². The lowest BCUT2D eigenvalue weighted by atomic mass is 10.3. The van der Waals surface area contributed by atoms with E-state index in [0.717, 1.165) is 10.2 Å². The summed E-state index contributed by atoms with van der Waals surface area (Å²) in [5, 5.41) is 3.00. The number of anilines is 1. The Morgan fingerprint density at radius 1 is 1.22 bits per heavy atom. The highest BCUT2D eigenvalue weighted by Gasteiger charge is 2.13. The quantitative estimate of drug-likeness (QED) is 0.929. The third-order valence-electron chi connectivity index (χ3n) is 2.20. The van der Waals surface area contributed by atoms with E-state index in [4.69, 9.17) is 4.74 Å². The van der Waals surface area contributed by atoms with Gasteiger partial charge in [0.15, 0.2) is 11.6 Å². The summed E-state index contributed by atoms with van der Waals surface area (Å²) >= 11 is 3.44. The Bertz CT molecular complexity index is 534. The van der Waals surface area contributed by atoms with Gasteiger partial charge in [-0.25, -0.2) is 19.9 Å². The fourth-order valence-electron chi connectivity index (χ4n) is 1.41. The van der Waals surface area contributed by atoms with Gasteiger partial charge in [0, 0.05) is 26.6 Å². The van der Waals surface area contributed by atoms with Crippen LogP contribution in [0.5, 0.6) is 0 Å². The van der Waals surface area contributed by atoms with Gasteiger partial charge in [-0.1, -0.05) is 0 Å². The molecule has 0 spiro atoms. The molecule has 0 atom stereocenters. The molecule has 6 nitrogen and oxygen atoms in total. The van der Waals surface area contributed by atoms with Crippen molar-refractivity contribution in [1.29, 1.82) is 0 Å².